The Morgan fingerprint density at radius 2 is 1.66 bits per heavy atom. The number of rotatable bonds is 6. The molecule has 0 spiro atoms. The molecule has 8 nitrogen and oxygen atoms in total. The van der Waals surface area contributed by atoms with Crippen molar-refractivity contribution in [3.05, 3.63) is 85.9 Å². The molecule has 0 aliphatic rings. The molecule has 0 atom stereocenters. The number of benzene rings is 2. The van der Waals surface area contributed by atoms with E-state index in [1.165, 1.54) is 6.20 Å². The van der Waals surface area contributed by atoms with Crippen molar-refractivity contribution in [2.24, 2.45) is 0 Å². The van der Waals surface area contributed by atoms with Crippen LogP contribution in [0.3, 0.4) is 0 Å². The second kappa shape index (κ2) is 9.58. The molecule has 0 aliphatic carbocycles. The molecule has 2 aromatic carbocycles. The summed E-state index contributed by atoms with van der Waals surface area (Å²) in [5.41, 5.74) is 2.34. The van der Waals surface area contributed by atoms with Gasteiger partial charge < -0.3 is 19.2 Å². The topological polar surface area (TPSA) is 99.4 Å². The van der Waals surface area contributed by atoms with Gasteiger partial charge in [-0.25, -0.2) is 4.79 Å². The van der Waals surface area contributed by atoms with Crippen LogP contribution in [0, 0.1) is 6.92 Å². The SMILES string of the molecule is CCOC(=O)c1cn(CC)c2ccc(NC(=O)c3ccc4c(c3)c(=O)cc(C)n4CC)cc2c1=O. The van der Waals surface area contributed by atoms with Crippen molar-refractivity contribution < 1.29 is 14.3 Å². The van der Waals surface area contributed by atoms with Crippen LogP contribution in [-0.2, 0) is 17.8 Å². The number of hydrogen-bond donors (Lipinski definition) is 1. The number of hydrogen-bond acceptors (Lipinski definition) is 5. The van der Waals surface area contributed by atoms with Crippen LogP contribution in [0.4, 0.5) is 5.69 Å². The monoisotopic (exact) mass is 473 g/mol. The summed E-state index contributed by atoms with van der Waals surface area (Å²) >= 11 is 0. The van der Waals surface area contributed by atoms with Crippen LogP contribution in [0.25, 0.3) is 21.8 Å². The van der Waals surface area contributed by atoms with Crippen molar-refractivity contribution in [1.29, 1.82) is 0 Å². The summed E-state index contributed by atoms with van der Waals surface area (Å²) in [5, 5.41) is 3.57. The number of nitrogens with zero attached hydrogens (tertiary/aromatic N) is 2. The van der Waals surface area contributed by atoms with E-state index in [9.17, 15) is 19.2 Å². The van der Waals surface area contributed by atoms with Gasteiger partial charge in [0, 0.05) is 53.1 Å². The first kappa shape index (κ1) is 23.9. The third-order valence-electron chi connectivity index (χ3n) is 6.07. The third kappa shape index (κ3) is 4.35. The fourth-order valence-electron chi connectivity index (χ4n) is 4.36. The quantitative estimate of drug-likeness (QED) is 0.425. The van der Waals surface area contributed by atoms with Crippen molar-refractivity contribution in [2.45, 2.75) is 40.8 Å². The average Bonchev–Trinajstić information content (AvgIpc) is 2.84. The number of aryl methyl sites for hydroxylation is 3. The van der Waals surface area contributed by atoms with E-state index in [1.807, 2.05) is 25.3 Å². The molecule has 0 aliphatic heterocycles. The lowest BCUT2D eigenvalue weighted by Gasteiger charge is -2.14. The van der Waals surface area contributed by atoms with Crippen molar-refractivity contribution in [3.8, 4) is 0 Å². The Hall–Kier alpha value is -4.20. The van der Waals surface area contributed by atoms with Crippen LogP contribution in [0.2, 0.25) is 0 Å². The van der Waals surface area contributed by atoms with Crippen LogP contribution in [0.1, 0.15) is 47.2 Å². The van der Waals surface area contributed by atoms with E-state index in [4.69, 9.17) is 4.74 Å². The number of fused-ring (bicyclic) bond motifs is 2. The lowest BCUT2D eigenvalue weighted by molar-refractivity contribution is 0.0524. The Kier molecular flexibility index (Phi) is 6.55. The van der Waals surface area contributed by atoms with Gasteiger partial charge in [-0.15, -0.1) is 0 Å². The summed E-state index contributed by atoms with van der Waals surface area (Å²) < 4.78 is 8.84. The van der Waals surface area contributed by atoms with Gasteiger partial charge in [0.05, 0.1) is 17.6 Å². The maximum atomic E-state index is 13.0. The Bertz CT molecular complexity index is 1600. The van der Waals surface area contributed by atoms with E-state index in [2.05, 4.69) is 5.32 Å². The van der Waals surface area contributed by atoms with E-state index < -0.39 is 17.3 Å². The smallest absolute Gasteiger partial charge is 0.343 e. The fourth-order valence-corrected chi connectivity index (χ4v) is 4.36. The van der Waals surface area contributed by atoms with Gasteiger partial charge in [-0.2, -0.15) is 0 Å². The first-order chi connectivity index (χ1) is 16.8. The average molecular weight is 474 g/mol. The number of anilines is 1. The Labute approximate surface area is 201 Å². The minimum absolute atomic E-state index is 0.0540. The van der Waals surface area contributed by atoms with Gasteiger partial charge >= 0.3 is 5.97 Å². The highest BCUT2D eigenvalue weighted by molar-refractivity contribution is 6.07. The highest BCUT2D eigenvalue weighted by atomic mass is 16.5. The van der Waals surface area contributed by atoms with Gasteiger partial charge in [-0.1, -0.05) is 0 Å². The standard InChI is InChI=1S/C27H27N3O5/c1-5-29-15-21(27(34)35-7-3)25(32)20-14-18(9-11-22(20)29)28-26(33)17-8-10-23-19(13-17)24(31)12-16(4)30(23)6-2/h8-15H,5-7H2,1-4H3,(H,28,33). The first-order valence-electron chi connectivity index (χ1n) is 11.6. The molecule has 2 heterocycles. The molecule has 0 fully saturated rings. The summed E-state index contributed by atoms with van der Waals surface area (Å²) in [7, 11) is 0. The van der Waals surface area contributed by atoms with Crippen LogP contribution in [-0.4, -0.2) is 27.6 Å². The number of pyridine rings is 2. The van der Waals surface area contributed by atoms with Crippen molar-refractivity contribution in [2.75, 3.05) is 11.9 Å². The van der Waals surface area contributed by atoms with Crippen LogP contribution >= 0.6 is 0 Å². The van der Waals surface area contributed by atoms with Gasteiger partial charge in [0.2, 0.25) is 5.43 Å². The predicted octanol–water partition coefficient (Wildman–Crippen LogP) is 4.09. The van der Waals surface area contributed by atoms with E-state index in [0.29, 0.717) is 40.6 Å². The zero-order valence-corrected chi connectivity index (χ0v) is 20.2. The zero-order valence-electron chi connectivity index (χ0n) is 20.2. The zero-order chi connectivity index (χ0) is 25.3. The van der Waals surface area contributed by atoms with Crippen LogP contribution < -0.4 is 16.2 Å². The minimum Gasteiger partial charge on any atom is -0.462 e. The maximum Gasteiger partial charge on any atom is 0.343 e. The van der Waals surface area contributed by atoms with Gasteiger partial charge in [0.15, 0.2) is 5.43 Å². The lowest BCUT2D eigenvalue weighted by Crippen LogP contribution is -2.21. The molecule has 0 unspecified atom stereocenters. The number of ether oxygens (including phenoxy) is 1. The van der Waals surface area contributed by atoms with Crippen LogP contribution in [0.15, 0.2) is 58.3 Å². The molecule has 2 aromatic heterocycles. The number of esters is 1. The fraction of sp³-hybridized carbons (Fsp3) is 0.259. The van der Waals surface area contributed by atoms with E-state index in [1.54, 1.807) is 54.0 Å². The summed E-state index contributed by atoms with van der Waals surface area (Å²) in [6.45, 7) is 8.86. The van der Waals surface area contributed by atoms with E-state index >= 15 is 0 Å². The van der Waals surface area contributed by atoms with Crippen molar-refractivity contribution in [3.63, 3.8) is 0 Å². The largest absolute Gasteiger partial charge is 0.462 e. The van der Waals surface area contributed by atoms with E-state index in [0.717, 1.165) is 11.2 Å². The summed E-state index contributed by atoms with van der Waals surface area (Å²) in [5.74, 6) is -1.09. The number of carbonyl (C=O) groups is 2. The Balaban J connectivity index is 1.74. The molecule has 180 valence electrons. The first-order valence-corrected chi connectivity index (χ1v) is 11.6. The summed E-state index contributed by atoms with van der Waals surface area (Å²) in [4.78, 5) is 50.9. The number of nitrogens with one attached hydrogen (secondary N) is 1. The molecule has 0 saturated carbocycles. The minimum atomic E-state index is -0.680. The molecule has 4 aromatic rings. The second-order valence-corrected chi connectivity index (χ2v) is 8.19. The van der Waals surface area contributed by atoms with Crippen molar-refractivity contribution in [1.82, 2.24) is 9.13 Å². The summed E-state index contributed by atoms with van der Waals surface area (Å²) in [6, 6.07) is 11.6. The van der Waals surface area contributed by atoms with Crippen molar-refractivity contribution >= 4 is 39.4 Å². The van der Waals surface area contributed by atoms with Gasteiger partial charge in [0.1, 0.15) is 5.56 Å². The molecule has 0 saturated heterocycles. The molecule has 0 bridgehead atoms. The molecule has 8 heteroatoms. The Morgan fingerprint density at radius 1 is 0.914 bits per heavy atom. The lowest BCUT2D eigenvalue weighted by atomic mass is 10.1. The van der Waals surface area contributed by atoms with Gasteiger partial charge in [-0.05, 0) is 64.1 Å². The molecular formula is C27H27N3O5. The number of aromatic nitrogens is 2. The predicted molar refractivity (Wildman–Crippen MR) is 136 cm³/mol. The molecular weight excluding hydrogens is 446 g/mol. The highest BCUT2D eigenvalue weighted by Gasteiger charge is 2.17. The Morgan fingerprint density at radius 3 is 2.34 bits per heavy atom. The van der Waals surface area contributed by atoms with Gasteiger partial charge in [0.25, 0.3) is 5.91 Å². The number of amides is 1. The molecule has 4 rings (SSSR count). The molecule has 1 N–H and O–H groups in total. The molecule has 35 heavy (non-hydrogen) atoms. The van der Waals surface area contributed by atoms with Crippen LogP contribution in [0.5, 0.6) is 0 Å². The van der Waals surface area contributed by atoms with E-state index in [-0.39, 0.29) is 17.6 Å². The maximum absolute atomic E-state index is 13.0. The summed E-state index contributed by atoms with van der Waals surface area (Å²) in [6.07, 6.45) is 1.50. The highest BCUT2D eigenvalue weighted by Crippen LogP contribution is 2.20. The second-order valence-electron chi connectivity index (χ2n) is 8.19. The molecule has 1 amide bonds. The van der Waals surface area contributed by atoms with Gasteiger partial charge in [-0.3, -0.25) is 14.4 Å². The molecule has 0 radical (unpaired) electrons. The number of carbonyl (C=O) groups excluding carboxylic acids is 2. The third-order valence-corrected chi connectivity index (χ3v) is 6.07. The normalized spacial score (nSPS) is 11.1.